The minimum atomic E-state index is -0.222. The molecule has 1 N–H and O–H groups in total. The molecule has 2 aromatic rings. The summed E-state index contributed by atoms with van der Waals surface area (Å²) >= 11 is 8.58. The molecule has 0 spiro atoms. The van der Waals surface area contributed by atoms with Crippen molar-refractivity contribution in [1.29, 1.82) is 0 Å². The van der Waals surface area contributed by atoms with Gasteiger partial charge in [-0.05, 0) is 74.0 Å². The van der Waals surface area contributed by atoms with Crippen LogP contribution in [0.3, 0.4) is 0 Å². The predicted molar refractivity (Wildman–Crippen MR) is 90.9 cm³/mol. The molecule has 1 heterocycles. The molecule has 0 saturated heterocycles. The lowest BCUT2D eigenvalue weighted by Crippen LogP contribution is -2.24. The minimum absolute atomic E-state index is 0.196. The Balaban J connectivity index is 2.22. The van der Waals surface area contributed by atoms with Crippen molar-refractivity contribution in [3.05, 3.63) is 54.8 Å². The Morgan fingerprint density at radius 1 is 1.25 bits per heavy atom. The Labute approximate surface area is 139 Å². The lowest BCUT2D eigenvalue weighted by Gasteiger charge is -2.19. The molecule has 1 aromatic heterocycles. The molecule has 0 aliphatic carbocycles. The van der Waals surface area contributed by atoms with E-state index in [4.69, 9.17) is 0 Å². The quantitative estimate of drug-likeness (QED) is 0.632. The topological polar surface area (TPSA) is 12.0 Å². The third kappa shape index (κ3) is 4.13. The molecule has 0 fully saturated rings. The van der Waals surface area contributed by atoms with Gasteiger partial charge < -0.3 is 5.32 Å². The van der Waals surface area contributed by atoms with Crippen molar-refractivity contribution in [2.75, 3.05) is 6.54 Å². The fraction of sp³-hybridized carbons (Fsp3) is 0.333. The fourth-order valence-electron chi connectivity index (χ4n) is 2.01. The zero-order valence-corrected chi connectivity index (χ0v) is 15.1. The summed E-state index contributed by atoms with van der Waals surface area (Å²) in [5, 5.41) is 5.62. The van der Waals surface area contributed by atoms with Gasteiger partial charge in [0.25, 0.3) is 0 Å². The molecule has 1 aromatic carbocycles. The number of rotatable bonds is 6. The maximum absolute atomic E-state index is 13.4. The average molecular weight is 421 g/mol. The summed E-state index contributed by atoms with van der Waals surface area (Å²) in [6.45, 7) is 3.09. The highest BCUT2D eigenvalue weighted by atomic mass is 79.9. The maximum Gasteiger partial charge on any atom is 0.137 e. The summed E-state index contributed by atoms with van der Waals surface area (Å²) in [6, 6.07) is 7.50. The Morgan fingerprint density at radius 3 is 2.65 bits per heavy atom. The number of halogens is 3. The first-order valence-corrected chi connectivity index (χ1v) is 8.98. The molecule has 0 aliphatic rings. The first-order valence-electron chi connectivity index (χ1n) is 6.52. The van der Waals surface area contributed by atoms with Gasteiger partial charge in [-0.1, -0.05) is 13.0 Å². The van der Waals surface area contributed by atoms with E-state index in [1.807, 2.05) is 12.1 Å². The summed E-state index contributed by atoms with van der Waals surface area (Å²) in [6.07, 6.45) is 1.97. The zero-order valence-electron chi connectivity index (χ0n) is 11.1. The van der Waals surface area contributed by atoms with Crippen LogP contribution in [0.4, 0.5) is 4.39 Å². The van der Waals surface area contributed by atoms with Gasteiger partial charge in [0.05, 0.1) is 4.47 Å². The van der Waals surface area contributed by atoms with E-state index < -0.39 is 0 Å². The van der Waals surface area contributed by atoms with Crippen molar-refractivity contribution < 1.29 is 4.39 Å². The normalized spacial score (nSPS) is 12.6. The number of hydrogen-bond donors (Lipinski definition) is 1. The van der Waals surface area contributed by atoms with Crippen molar-refractivity contribution in [3.8, 4) is 0 Å². The summed E-state index contributed by atoms with van der Waals surface area (Å²) in [7, 11) is 0. The summed E-state index contributed by atoms with van der Waals surface area (Å²) in [4.78, 5) is 1.30. The van der Waals surface area contributed by atoms with Crippen LogP contribution >= 0.6 is 43.2 Å². The molecular formula is C15H16Br2FNS. The first-order chi connectivity index (χ1) is 9.61. The van der Waals surface area contributed by atoms with Crippen LogP contribution in [0.5, 0.6) is 0 Å². The third-order valence-electron chi connectivity index (χ3n) is 3.07. The lowest BCUT2D eigenvalue weighted by molar-refractivity contribution is 0.529. The predicted octanol–water partition coefficient (Wildman–Crippen LogP) is 5.70. The number of hydrogen-bond acceptors (Lipinski definition) is 2. The van der Waals surface area contributed by atoms with Crippen LogP contribution in [0.25, 0.3) is 0 Å². The van der Waals surface area contributed by atoms with Crippen molar-refractivity contribution in [2.45, 2.75) is 25.8 Å². The number of benzene rings is 1. The molecule has 2 rings (SSSR count). The third-order valence-corrected chi connectivity index (χ3v) is 5.62. The van der Waals surface area contributed by atoms with Crippen LogP contribution in [-0.2, 0) is 6.42 Å². The standard InChI is InChI=1S/C15H16Br2FNS/c1-2-6-19-14(9-15-11(16)5-7-20-15)10-3-4-13(18)12(17)8-10/h3-5,7-8,14,19H,2,6,9H2,1H3. The van der Waals surface area contributed by atoms with Crippen molar-refractivity contribution in [2.24, 2.45) is 0 Å². The van der Waals surface area contributed by atoms with Gasteiger partial charge in [-0.25, -0.2) is 4.39 Å². The molecule has 5 heteroatoms. The van der Waals surface area contributed by atoms with Gasteiger partial charge in [0.1, 0.15) is 5.82 Å². The highest BCUT2D eigenvalue weighted by Gasteiger charge is 2.15. The van der Waals surface area contributed by atoms with Crippen LogP contribution in [0, 0.1) is 5.82 Å². The van der Waals surface area contributed by atoms with Gasteiger partial charge in [0.15, 0.2) is 0 Å². The van der Waals surface area contributed by atoms with Gasteiger partial charge in [0.2, 0.25) is 0 Å². The Bertz CT molecular complexity index is 571. The van der Waals surface area contributed by atoms with Crippen LogP contribution < -0.4 is 5.32 Å². The summed E-state index contributed by atoms with van der Waals surface area (Å²) in [5.41, 5.74) is 1.10. The first kappa shape index (κ1) is 16.1. The van der Waals surface area contributed by atoms with E-state index >= 15 is 0 Å². The maximum atomic E-state index is 13.4. The lowest BCUT2D eigenvalue weighted by atomic mass is 10.0. The molecule has 1 nitrogen and oxygen atoms in total. The highest BCUT2D eigenvalue weighted by Crippen LogP contribution is 2.29. The van der Waals surface area contributed by atoms with E-state index in [1.165, 1.54) is 10.9 Å². The molecular weight excluding hydrogens is 405 g/mol. The zero-order chi connectivity index (χ0) is 14.5. The second-order valence-electron chi connectivity index (χ2n) is 4.58. The van der Waals surface area contributed by atoms with Crippen molar-refractivity contribution in [3.63, 3.8) is 0 Å². The van der Waals surface area contributed by atoms with E-state index in [0.29, 0.717) is 4.47 Å². The van der Waals surface area contributed by atoms with E-state index in [-0.39, 0.29) is 11.9 Å². The van der Waals surface area contributed by atoms with Gasteiger partial charge in [-0.2, -0.15) is 0 Å². The summed E-state index contributed by atoms with van der Waals surface area (Å²) < 4.78 is 15.0. The molecule has 20 heavy (non-hydrogen) atoms. The number of thiophene rings is 1. The molecule has 0 saturated carbocycles. The molecule has 0 radical (unpaired) electrons. The Kier molecular flexibility index (Phi) is 6.20. The minimum Gasteiger partial charge on any atom is -0.310 e. The second-order valence-corrected chi connectivity index (χ2v) is 7.29. The van der Waals surface area contributed by atoms with Gasteiger partial charge >= 0.3 is 0 Å². The van der Waals surface area contributed by atoms with Crippen LogP contribution in [0.15, 0.2) is 38.6 Å². The van der Waals surface area contributed by atoms with Crippen LogP contribution in [0.1, 0.15) is 29.8 Å². The van der Waals surface area contributed by atoms with Gasteiger partial charge in [-0.3, -0.25) is 0 Å². The van der Waals surface area contributed by atoms with Crippen molar-refractivity contribution >= 4 is 43.2 Å². The van der Waals surface area contributed by atoms with Crippen molar-refractivity contribution in [1.82, 2.24) is 5.32 Å². The fourth-order valence-corrected chi connectivity index (χ4v) is 3.97. The van der Waals surface area contributed by atoms with Crippen LogP contribution in [-0.4, -0.2) is 6.54 Å². The smallest absolute Gasteiger partial charge is 0.137 e. The molecule has 108 valence electrons. The van der Waals surface area contributed by atoms with E-state index in [1.54, 1.807) is 11.3 Å². The Hall–Kier alpha value is -0.230. The highest BCUT2D eigenvalue weighted by molar-refractivity contribution is 9.10. The average Bonchev–Trinajstić information content (AvgIpc) is 2.83. The molecule has 0 amide bonds. The Morgan fingerprint density at radius 2 is 2.05 bits per heavy atom. The van der Waals surface area contributed by atoms with Gasteiger partial charge in [0, 0.05) is 21.8 Å². The van der Waals surface area contributed by atoms with E-state index in [0.717, 1.165) is 29.4 Å². The van der Waals surface area contributed by atoms with Gasteiger partial charge in [-0.15, -0.1) is 11.3 Å². The number of nitrogens with one attached hydrogen (secondary N) is 1. The largest absolute Gasteiger partial charge is 0.310 e. The van der Waals surface area contributed by atoms with E-state index in [2.05, 4.69) is 55.5 Å². The summed E-state index contributed by atoms with van der Waals surface area (Å²) in [5.74, 6) is -0.222. The van der Waals surface area contributed by atoms with E-state index in [9.17, 15) is 4.39 Å². The molecule has 0 aliphatic heterocycles. The molecule has 1 atom stereocenters. The molecule has 1 unspecified atom stereocenters. The van der Waals surface area contributed by atoms with Crippen LogP contribution in [0.2, 0.25) is 0 Å². The molecule has 0 bridgehead atoms. The second kappa shape index (κ2) is 7.69. The monoisotopic (exact) mass is 419 g/mol. The SMILES string of the molecule is CCCNC(Cc1sccc1Br)c1ccc(F)c(Br)c1.